The Hall–Kier alpha value is -0.870. The van der Waals surface area contributed by atoms with Crippen LogP contribution in [0.5, 0.6) is 0 Å². The number of nitrogens with zero attached hydrogens (tertiary/aromatic N) is 1. The van der Waals surface area contributed by atoms with E-state index in [1.807, 2.05) is 13.0 Å². The van der Waals surface area contributed by atoms with E-state index >= 15 is 0 Å². The molecule has 4 heteroatoms. The Morgan fingerprint density at radius 1 is 1.47 bits per heavy atom. The number of aryl methyl sites for hydroxylation is 1. The summed E-state index contributed by atoms with van der Waals surface area (Å²) in [4.78, 5) is 7.74. The molecule has 1 N–H and O–H groups in total. The summed E-state index contributed by atoms with van der Waals surface area (Å²) >= 11 is 3.47. The highest BCUT2D eigenvalue weighted by Crippen LogP contribution is 2.22. The van der Waals surface area contributed by atoms with Crippen LogP contribution in [0.3, 0.4) is 0 Å². The first-order valence-electron chi connectivity index (χ1n) is 4.93. The minimum absolute atomic E-state index is 0.544. The van der Waals surface area contributed by atoms with E-state index < -0.39 is 0 Å². The van der Waals surface area contributed by atoms with Crippen LogP contribution in [0.4, 0.5) is 0 Å². The predicted octanol–water partition coefficient (Wildman–Crippen LogP) is 3.17. The quantitative estimate of drug-likeness (QED) is 0.929. The number of hydrogen-bond acceptors (Lipinski definition) is 2. The largest absolute Gasteiger partial charge is 0.374 e. The van der Waals surface area contributed by atoms with Crippen molar-refractivity contribution in [3.63, 3.8) is 0 Å². The number of rotatable bonds is 3. The molecule has 0 unspecified atom stereocenters. The van der Waals surface area contributed by atoms with E-state index in [2.05, 4.69) is 38.9 Å². The van der Waals surface area contributed by atoms with Gasteiger partial charge in [0.2, 0.25) is 0 Å². The second kappa shape index (κ2) is 4.33. The number of ether oxygens (including phenoxy) is 1. The van der Waals surface area contributed by atoms with E-state index in [0.717, 1.165) is 21.3 Å². The zero-order chi connectivity index (χ0) is 10.8. The van der Waals surface area contributed by atoms with Crippen LogP contribution < -0.4 is 0 Å². The van der Waals surface area contributed by atoms with Gasteiger partial charge in [0.15, 0.2) is 0 Å². The number of aromatic nitrogens is 2. The van der Waals surface area contributed by atoms with Crippen LogP contribution >= 0.6 is 15.9 Å². The molecule has 2 rings (SSSR count). The Bertz CT molecular complexity index is 479. The van der Waals surface area contributed by atoms with Gasteiger partial charge in [-0.3, -0.25) is 0 Å². The maximum atomic E-state index is 5.31. The Kier molecular flexibility index (Phi) is 3.07. The number of halogens is 1. The number of benzene rings is 1. The number of imidazole rings is 1. The number of fused-ring (bicyclic) bond motifs is 1. The van der Waals surface area contributed by atoms with Crippen molar-refractivity contribution in [1.82, 2.24) is 9.97 Å². The molecule has 0 fully saturated rings. The minimum atomic E-state index is 0.544. The Morgan fingerprint density at radius 3 is 3.00 bits per heavy atom. The summed E-state index contributed by atoms with van der Waals surface area (Å²) in [5.74, 6) is 0.882. The van der Waals surface area contributed by atoms with E-state index in [4.69, 9.17) is 4.74 Å². The molecule has 1 heterocycles. The Labute approximate surface area is 97.0 Å². The van der Waals surface area contributed by atoms with Crippen LogP contribution in [0.1, 0.15) is 18.3 Å². The molecular formula is C11H13BrN2O. The molecule has 0 radical (unpaired) electrons. The van der Waals surface area contributed by atoms with Crippen molar-refractivity contribution in [2.24, 2.45) is 0 Å². The zero-order valence-electron chi connectivity index (χ0n) is 8.80. The SMILES string of the molecule is CCOCc1nc2c(C)cc(Br)cc2[nH]1. The second-order valence-electron chi connectivity index (χ2n) is 3.44. The van der Waals surface area contributed by atoms with E-state index in [1.165, 1.54) is 5.56 Å². The van der Waals surface area contributed by atoms with Crippen molar-refractivity contribution >= 4 is 27.0 Å². The monoisotopic (exact) mass is 268 g/mol. The van der Waals surface area contributed by atoms with Crippen LogP contribution in [0.15, 0.2) is 16.6 Å². The highest BCUT2D eigenvalue weighted by atomic mass is 79.9. The number of H-pyrrole nitrogens is 1. The smallest absolute Gasteiger partial charge is 0.133 e. The van der Waals surface area contributed by atoms with Gasteiger partial charge in [0.05, 0.1) is 11.0 Å². The summed E-state index contributed by atoms with van der Waals surface area (Å²) in [6.07, 6.45) is 0. The lowest BCUT2D eigenvalue weighted by molar-refractivity contribution is 0.129. The third kappa shape index (κ3) is 2.21. The summed E-state index contributed by atoms with van der Waals surface area (Å²) < 4.78 is 6.38. The van der Waals surface area contributed by atoms with Gasteiger partial charge in [-0.25, -0.2) is 4.98 Å². The standard InChI is InChI=1S/C11H13BrN2O/c1-3-15-6-10-13-9-5-8(12)4-7(2)11(9)14-10/h4-5H,3,6H2,1-2H3,(H,13,14). The summed E-state index contributed by atoms with van der Waals surface area (Å²) in [6, 6.07) is 4.10. The lowest BCUT2D eigenvalue weighted by Crippen LogP contribution is -1.93. The predicted molar refractivity (Wildman–Crippen MR) is 63.9 cm³/mol. The summed E-state index contributed by atoms with van der Waals surface area (Å²) in [7, 11) is 0. The van der Waals surface area contributed by atoms with E-state index in [1.54, 1.807) is 0 Å². The first kappa shape index (κ1) is 10.6. The summed E-state index contributed by atoms with van der Waals surface area (Å²) in [5.41, 5.74) is 3.24. The van der Waals surface area contributed by atoms with E-state index in [-0.39, 0.29) is 0 Å². The second-order valence-corrected chi connectivity index (χ2v) is 4.36. The van der Waals surface area contributed by atoms with E-state index in [9.17, 15) is 0 Å². The molecule has 0 atom stereocenters. The normalized spacial score (nSPS) is 11.1. The molecule has 80 valence electrons. The third-order valence-corrected chi connectivity index (χ3v) is 2.69. The topological polar surface area (TPSA) is 37.9 Å². The maximum absolute atomic E-state index is 5.31. The molecule has 3 nitrogen and oxygen atoms in total. The molecule has 1 aromatic heterocycles. The first-order valence-corrected chi connectivity index (χ1v) is 5.72. The maximum Gasteiger partial charge on any atom is 0.133 e. The molecule has 0 saturated carbocycles. The van der Waals surface area contributed by atoms with Crippen molar-refractivity contribution in [2.45, 2.75) is 20.5 Å². The Balaban J connectivity index is 2.41. The fraction of sp³-hybridized carbons (Fsp3) is 0.364. The molecule has 0 bridgehead atoms. The molecule has 0 aliphatic heterocycles. The van der Waals surface area contributed by atoms with Crippen LogP contribution in [0, 0.1) is 6.92 Å². The summed E-state index contributed by atoms with van der Waals surface area (Å²) in [5, 5.41) is 0. The fourth-order valence-electron chi connectivity index (χ4n) is 1.56. The van der Waals surface area contributed by atoms with Crippen LogP contribution in [0.25, 0.3) is 11.0 Å². The molecule has 0 amide bonds. The zero-order valence-corrected chi connectivity index (χ0v) is 10.4. The molecular weight excluding hydrogens is 256 g/mol. The highest BCUT2D eigenvalue weighted by molar-refractivity contribution is 9.10. The van der Waals surface area contributed by atoms with Crippen LogP contribution in [-0.2, 0) is 11.3 Å². The first-order chi connectivity index (χ1) is 7.20. The average molecular weight is 269 g/mol. The summed E-state index contributed by atoms with van der Waals surface area (Å²) in [6.45, 7) is 5.28. The molecule has 15 heavy (non-hydrogen) atoms. The molecule has 0 saturated heterocycles. The van der Waals surface area contributed by atoms with Crippen molar-refractivity contribution in [3.05, 3.63) is 28.0 Å². The molecule has 0 aliphatic carbocycles. The van der Waals surface area contributed by atoms with Crippen LogP contribution in [0.2, 0.25) is 0 Å². The van der Waals surface area contributed by atoms with Gasteiger partial charge in [0.1, 0.15) is 12.4 Å². The van der Waals surface area contributed by atoms with Crippen LogP contribution in [-0.4, -0.2) is 16.6 Å². The van der Waals surface area contributed by atoms with Crippen molar-refractivity contribution in [2.75, 3.05) is 6.61 Å². The van der Waals surface area contributed by atoms with Crippen molar-refractivity contribution in [1.29, 1.82) is 0 Å². The lowest BCUT2D eigenvalue weighted by atomic mass is 10.2. The van der Waals surface area contributed by atoms with Gasteiger partial charge in [0.25, 0.3) is 0 Å². The lowest BCUT2D eigenvalue weighted by Gasteiger charge is -1.94. The minimum Gasteiger partial charge on any atom is -0.374 e. The number of hydrogen-bond donors (Lipinski definition) is 1. The molecule has 0 spiro atoms. The van der Waals surface area contributed by atoms with Gasteiger partial charge in [-0.2, -0.15) is 0 Å². The van der Waals surface area contributed by atoms with Gasteiger partial charge < -0.3 is 9.72 Å². The van der Waals surface area contributed by atoms with Crippen molar-refractivity contribution < 1.29 is 4.74 Å². The fourth-order valence-corrected chi connectivity index (χ4v) is 2.14. The number of aromatic amines is 1. The molecule has 0 aliphatic rings. The van der Waals surface area contributed by atoms with E-state index in [0.29, 0.717) is 13.2 Å². The molecule has 1 aromatic carbocycles. The van der Waals surface area contributed by atoms with Crippen molar-refractivity contribution in [3.8, 4) is 0 Å². The molecule has 2 aromatic rings. The van der Waals surface area contributed by atoms with Gasteiger partial charge in [-0.15, -0.1) is 0 Å². The highest BCUT2D eigenvalue weighted by Gasteiger charge is 2.05. The third-order valence-electron chi connectivity index (χ3n) is 2.23. The van der Waals surface area contributed by atoms with Gasteiger partial charge in [-0.1, -0.05) is 15.9 Å². The van der Waals surface area contributed by atoms with Gasteiger partial charge >= 0.3 is 0 Å². The number of nitrogens with one attached hydrogen (secondary N) is 1. The Morgan fingerprint density at radius 2 is 2.27 bits per heavy atom. The van der Waals surface area contributed by atoms with Gasteiger partial charge in [-0.05, 0) is 31.5 Å². The average Bonchev–Trinajstić information content (AvgIpc) is 2.57. The van der Waals surface area contributed by atoms with Gasteiger partial charge in [0, 0.05) is 11.1 Å².